The number of nitrogens with two attached hydrogens (primary N) is 2. The highest BCUT2D eigenvalue weighted by molar-refractivity contribution is 5.38. The highest BCUT2D eigenvalue weighted by Crippen LogP contribution is 2.02. The van der Waals surface area contributed by atoms with Crippen LogP contribution in [0.3, 0.4) is 0 Å². The van der Waals surface area contributed by atoms with Gasteiger partial charge in [0.05, 0.1) is 0 Å². The van der Waals surface area contributed by atoms with Gasteiger partial charge in [-0.15, -0.1) is 0 Å². The van der Waals surface area contributed by atoms with E-state index in [0.717, 1.165) is 11.4 Å². The van der Waals surface area contributed by atoms with Crippen LogP contribution in [0.4, 0.5) is 11.4 Å². The molecule has 2 heteroatoms. The molecule has 0 heterocycles. The van der Waals surface area contributed by atoms with Crippen molar-refractivity contribution < 1.29 is 0 Å². The van der Waals surface area contributed by atoms with E-state index in [4.69, 9.17) is 11.5 Å². The normalized spacial score (nSPS) is 8.87. The van der Waals surface area contributed by atoms with Gasteiger partial charge < -0.3 is 11.5 Å². The highest BCUT2D eigenvalue weighted by atomic mass is 14.5. The molecule has 15 heavy (non-hydrogen) atoms. The predicted octanol–water partition coefficient (Wildman–Crippen LogP) is 2.85. The summed E-state index contributed by atoms with van der Waals surface area (Å²) in [7, 11) is 0. The van der Waals surface area contributed by atoms with Gasteiger partial charge in [0.2, 0.25) is 0 Å². The van der Waals surface area contributed by atoms with Crippen molar-refractivity contribution in [2.75, 3.05) is 11.5 Å². The van der Waals surface area contributed by atoms with Gasteiger partial charge in [0, 0.05) is 11.4 Å². The van der Waals surface area contributed by atoms with Gasteiger partial charge in [-0.25, -0.2) is 0 Å². The third kappa shape index (κ3) is 4.72. The summed E-state index contributed by atoms with van der Waals surface area (Å²) < 4.78 is 0. The quantitative estimate of drug-likeness (QED) is 0.642. The van der Waals surface area contributed by atoms with Crippen LogP contribution < -0.4 is 11.5 Å². The minimum Gasteiger partial charge on any atom is -0.399 e. The second-order valence-corrected chi connectivity index (χ2v) is 3.32. The first-order chi connectivity index (χ1) is 7.18. The van der Waals surface area contributed by atoms with Gasteiger partial charge in [0.15, 0.2) is 0 Å². The van der Waals surface area contributed by atoms with Crippen LogP contribution in [-0.4, -0.2) is 0 Å². The van der Waals surface area contributed by atoms with Crippen molar-refractivity contribution in [2.45, 2.75) is 6.92 Å². The summed E-state index contributed by atoms with van der Waals surface area (Å²) in [6.45, 7) is 2.04. The van der Waals surface area contributed by atoms with Crippen LogP contribution in [0.15, 0.2) is 54.6 Å². The summed E-state index contributed by atoms with van der Waals surface area (Å²) in [4.78, 5) is 0. The van der Waals surface area contributed by atoms with Crippen molar-refractivity contribution in [1.29, 1.82) is 0 Å². The summed E-state index contributed by atoms with van der Waals surface area (Å²) >= 11 is 0. The van der Waals surface area contributed by atoms with E-state index in [1.54, 1.807) is 0 Å². The second kappa shape index (κ2) is 5.70. The van der Waals surface area contributed by atoms with E-state index < -0.39 is 0 Å². The van der Waals surface area contributed by atoms with Crippen LogP contribution in [0.2, 0.25) is 0 Å². The Hall–Kier alpha value is -1.96. The molecule has 0 amide bonds. The number of nitrogen functional groups attached to an aromatic ring is 2. The third-order valence-corrected chi connectivity index (χ3v) is 1.88. The van der Waals surface area contributed by atoms with Crippen LogP contribution >= 0.6 is 0 Å². The number of para-hydroxylation sites is 1. The van der Waals surface area contributed by atoms with E-state index >= 15 is 0 Å². The Labute approximate surface area is 90.5 Å². The van der Waals surface area contributed by atoms with E-state index in [1.807, 2.05) is 61.5 Å². The highest BCUT2D eigenvalue weighted by Gasteiger charge is 1.80. The molecule has 0 aromatic heterocycles. The first-order valence-corrected chi connectivity index (χ1v) is 4.81. The number of hydrogen-bond acceptors (Lipinski definition) is 2. The molecule has 0 aliphatic carbocycles. The maximum atomic E-state index is 5.43. The number of benzene rings is 2. The average Bonchev–Trinajstić information content (AvgIpc) is 2.25. The van der Waals surface area contributed by atoms with Gasteiger partial charge in [-0.3, -0.25) is 0 Å². The van der Waals surface area contributed by atoms with E-state index in [2.05, 4.69) is 0 Å². The van der Waals surface area contributed by atoms with E-state index in [-0.39, 0.29) is 0 Å². The smallest absolute Gasteiger partial charge is 0.0314 e. The molecule has 0 aliphatic heterocycles. The molecule has 0 saturated carbocycles. The molecular formula is C13H16N2. The van der Waals surface area contributed by atoms with Gasteiger partial charge >= 0.3 is 0 Å². The Morgan fingerprint density at radius 1 is 0.667 bits per heavy atom. The Morgan fingerprint density at radius 3 is 1.47 bits per heavy atom. The first-order valence-electron chi connectivity index (χ1n) is 4.81. The van der Waals surface area contributed by atoms with Gasteiger partial charge in [0.1, 0.15) is 0 Å². The van der Waals surface area contributed by atoms with Crippen molar-refractivity contribution in [2.24, 2.45) is 0 Å². The Kier molecular flexibility index (Phi) is 4.23. The minimum absolute atomic E-state index is 0.822. The fourth-order valence-electron chi connectivity index (χ4n) is 1.02. The van der Waals surface area contributed by atoms with Crippen molar-refractivity contribution in [1.82, 2.24) is 0 Å². The minimum atomic E-state index is 0.822. The molecule has 0 unspecified atom stereocenters. The van der Waals surface area contributed by atoms with E-state index in [9.17, 15) is 0 Å². The molecule has 0 aliphatic rings. The molecule has 2 rings (SSSR count). The molecule has 0 radical (unpaired) electrons. The summed E-state index contributed by atoms with van der Waals surface area (Å²) in [5.74, 6) is 0. The molecule has 0 saturated heterocycles. The fraction of sp³-hybridized carbons (Fsp3) is 0.0769. The maximum Gasteiger partial charge on any atom is 0.0314 e. The first kappa shape index (κ1) is 11.1. The lowest BCUT2D eigenvalue weighted by Gasteiger charge is -1.90. The molecule has 0 bridgehead atoms. The number of rotatable bonds is 0. The predicted molar refractivity (Wildman–Crippen MR) is 66.4 cm³/mol. The van der Waals surface area contributed by atoms with Crippen LogP contribution in [-0.2, 0) is 0 Å². The largest absolute Gasteiger partial charge is 0.399 e. The average molecular weight is 200 g/mol. The zero-order valence-corrected chi connectivity index (χ0v) is 8.85. The van der Waals surface area contributed by atoms with Gasteiger partial charge in [-0.05, 0) is 31.2 Å². The van der Waals surface area contributed by atoms with Crippen LogP contribution in [0, 0.1) is 6.92 Å². The summed E-state index contributed by atoms with van der Waals surface area (Å²) in [6.07, 6.45) is 0. The molecule has 0 atom stereocenters. The Balaban J connectivity index is 0.000000151. The van der Waals surface area contributed by atoms with Gasteiger partial charge in [-0.1, -0.05) is 35.9 Å². The van der Waals surface area contributed by atoms with Crippen LogP contribution in [0.1, 0.15) is 5.56 Å². The SMILES string of the molecule is Cc1ccc(N)cc1.Nc1ccccc1. The van der Waals surface area contributed by atoms with Gasteiger partial charge in [-0.2, -0.15) is 0 Å². The maximum absolute atomic E-state index is 5.43. The number of anilines is 2. The third-order valence-electron chi connectivity index (χ3n) is 1.88. The Morgan fingerprint density at radius 2 is 1.13 bits per heavy atom. The zero-order chi connectivity index (χ0) is 11.1. The van der Waals surface area contributed by atoms with Crippen LogP contribution in [0.25, 0.3) is 0 Å². The standard InChI is InChI=1S/C7H9N.C6H7N/c1-6-2-4-7(8)5-3-6;7-6-4-2-1-3-5-6/h2-5H,8H2,1H3;1-5H,7H2. The van der Waals surface area contributed by atoms with Crippen molar-refractivity contribution >= 4 is 11.4 Å². The summed E-state index contributed by atoms with van der Waals surface area (Å²) in [6, 6.07) is 17.3. The zero-order valence-electron chi connectivity index (χ0n) is 8.85. The second-order valence-electron chi connectivity index (χ2n) is 3.32. The molecule has 2 aromatic carbocycles. The summed E-state index contributed by atoms with van der Waals surface area (Å²) in [5.41, 5.74) is 13.7. The molecule has 4 N–H and O–H groups in total. The molecule has 0 fully saturated rings. The lowest BCUT2D eigenvalue weighted by atomic mass is 10.2. The molecule has 2 aromatic rings. The topological polar surface area (TPSA) is 52.0 Å². The molecule has 2 nitrogen and oxygen atoms in total. The van der Waals surface area contributed by atoms with Crippen molar-refractivity contribution in [3.05, 3.63) is 60.2 Å². The van der Waals surface area contributed by atoms with Crippen molar-refractivity contribution in [3.8, 4) is 0 Å². The number of aryl methyl sites for hydroxylation is 1. The molecule has 0 spiro atoms. The monoisotopic (exact) mass is 200 g/mol. The van der Waals surface area contributed by atoms with Gasteiger partial charge in [0.25, 0.3) is 0 Å². The van der Waals surface area contributed by atoms with Crippen molar-refractivity contribution in [3.63, 3.8) is 0 Å². The fourth-order valence-corrected chi connectivity index (χ4v) is 1.02. The molecule has 78 valence electrons. The summed E-state index contributed by atoms with van der Waals surface area (Å²) in [5, 5.41) is 0. The lowest BCUT2D eigenvalue weighted by Crippen LogP contribution is -1.81. The molecular weight excluding hydrogens is 184 g/mol. The lowest BCUT2D eigenvalue weighted by molar-refractivity contribution is 1.47. The number of hydrogen-bond donors (Lipinski definition) is 2. The van der Waals surface area contributed by atoms with E-state index in [0.29, 0.717) is 0 Å². The Bertz CT molecular complexity index is 358. The van der Waals surface area contributed by atoms with Crippen LogP contribution in [0.5, 0.6) is 0 Å². The van der Waals surface area contributed by atoms with E-state index in [1.165, 1.54) is 5.56 Å².